The van der Waals surface area contributed by atoms with Crippen LogP contribution in [0.25, 0.3) is 0 Å². The van der Waals surface area contributed by atoms with Crippen LogP contribution in [-0.4, -0.2) is 148 Å². The Bertz CT molecular complexity index is 3880. The van der Waals surface area contributed by atoms with Crippen molar-refractivity contribution in [3.05, 3.63) is 121 Å². The number of nitrogens with zero attached hydrogens (tertiary/aromatic N) is 1. The summed E-state index contributed by atoms with van der Waals surface area (Å²) in [6, 6.07) is 38.8. The molecule has 123 heavy (non-hydrogen) atoms. The van der Waals surface area contributed by atoms with Gasteiger partial charge in [0.15, 0.2) is 5.78 Å². The molecule has 4 aromatic carbocycles. The molecule has 8 saturated carbocycles. The first kappa shape index (κ1) is 125. The predicted octanol–water partition coefficient (Wildman–Crippen LogP) is 10.6. The van der Waals surface area contributed by atoms with Gasteiger partial charge in [-0.25, -0.2) is 4.21 Å². The number of para-hydroxylation sites is 4. The Morgan fingerprint density at radius 2 is 1.06 bits per heavy atom. The van der Waals surface area contributed by atoms with Crippen LogP contribution in [-0.2, 0) is 81.7 Å². The number of ether oxygens (including phenoxy) is 1. The molecule has 36 heteroatoms. The molecule has 9 N–H and O–H groups in total. The number of rotatable bonds is 13. The molecule has 9 fully saturated rings. The largest absolute Gasteiger partial charge is 1.00 e. The van der Waals surface area contributed by atoms with Crippen molar-refractivity contribution in [1.29, 1.82) is 0 Å². The van der Waals surface area contributed by atoms with Gasteiger partial charge in [-0.2, -0.15) is 31.2 Å². The predicted molar refractivity (Wildman–Crippen MR) is 463 cm³/mol. The van der Waals surface area contributed by atoms with Gasteiger partial charge >= 0.3 is 177 Å². The summed E-state index contributed by atoms with van der Waals surface area (Å²) < 4.78 is 71.5. The van der Waals surface area contributed by atoms with Gasteiger partial charge in [0.2, 0.25) is 15.1 Å². The average Bonchev–Trinajstić information content (AvgIpc) is 1.64. The number of Topliss-reactive ketones (excluding diaryl/α,β-unsaturated/α-hetero) is 5. The van der Waals surface area contributed by atoms with Crippen LogP contribution in [0.3, 0.4) is 0 Å². The minimum absolute atomic E-state index is 0. The van der Waals surface area contributed by atoms with Crippen molar-refractivity contribution in [1.82, 2.24) is 0 Å². The Balaban J connectivity index is -0.000000313. The molecule has 0 aromatic heterocycles. The number of carboxylic acids is 2. The number of nitrogens with one attached hydrogen (secondary N) is 3. The molecular weight excluding hydrogens is 1920 g/mol. The fourth-order valence-corrected chi connectivity index (χ4v) is 15.9. The number of alkyl halides is 3. The third kappa shape index (κ3) is 46.2. The molecule has 8 aliphatic carbocycles. The Morgan fingerprint density at radius 3 is 1.46 bits per heavy atom. The van der Waals surface area contributed by atoms with Crippen molar-refractivity contribution in [2.45, 2.75) is 260 Å². The number of amides is 1. The van der Waals surface area contributed by atoms with Crippen molar-refractivity contribution >= 4 is 129 Å². The number of anilines is 4. The maximum Gasteiger partial charge on any atom is 1.00 e. The third-order valence-electron chi connectivity index (χ3n) is 21.9. The van der Waals surface area contributed by atoms with Gasteiger partial charge < -0.3 is 58.2 Å². The number of carbonyl (C=O) groups is 10. The molecule has 2 aliphatic heterocycles. The molecule has 10 aliphatic rings. The number of halogens is 5. The van der Waals surface area contributed by atoms with E-state index < -0.39 is 36.8 Å². The van der Waals surface area contributed by atoms with E-state index in [4.69, 9.17) is 62.6 Å². The number of esters is 1. The molecule has 0 radical (unpaired) electrons. The van der Waals surface area contributed by atoms with Gasteiger partial charge in [0.1, 0.15) is 23.1 Å². The number of hydrogen-bond acceptors (Lipinski definition) is 23. The second-order valence-electron chi connectivity index (χ2n) is 30.0. The Labute approximate surface area is 856 Å². The number of methoxy groups -OCH3 is 1. The number of aliphatic hydroxyl groups is 1. The van der Waals surface area contributed by atoms with Crippen molar-refractivity contribution in [2.75, 3.05) is 35.1 Å². The number of hydrogen-bond donors (Lipinski definition) is 8. The van der Waals surface area contributed by atoms with Crippen molar-refractivity contribution in [2.24, 2.45) is 64.9 Å². The summed E-state index contributed by atoms with van der Waals surface area (Å²) >= 11 is 0. The zero-order valence-electron chi connectivity index (χ0n) is 71.0. The standard InChI is InChI=1S/C13H17NO2.C12H15NO2.2C12H13NO.C10H16O2.C8H14O.C7H12O.C6H11NO2.CHF3O3S.CH2O3.CO2.CH4O.3CH4.Cl2OS.2Cs.H2.H/c1-16-13(15)11-8-5-9-12(11)14-10-6-3-2-4-7-10;14-12(15)10-7-4-8-11(10)13-9-5-2-1-3-6-9;14-12-8-4-1-2-6-10(8)13-11-7-3-5-9(11)12;14-12-10-7-4-8-11(10)13(12)9-5-2-1-3-6-9;1-7(2)10(12)8-5-3-4-6-9(8)11;1-6-4-3-5-8(6)7(2)9;1-6(8)7-4-2-3-5-7;7-5-3-1-2-4(5)6(8)9;2-1(3,4)8(5,6)7;2-1-4-3;2-1-3;1-2;;;;1-4(2)3;;;;/h2-4,6-7,11-12,14H,5,8-9H2,1H3;1-3,5-6,10-11,13H,4,7-8H2,(H,14,15);1-2,4,6,9,11,13H,3,5,7H2;1-3,5-6,10-11H,4,7-8H2;7-8H,3-6H2,1-2H3;6,8H,3-5H2,1-2H3;7H,2-5H2,1H3;4-5H,1-3,7H2,(H,8,9);(H,5,6,7);1,3H;;2H,1H3;3*1H4;;;;1H;/q;;;;;;;;;;;;;;;;2*+1;;-1/p-1/t11-,12-;10-,11+;9-,11+;10-,11+;;6-,8+;;4-,5+;;;;;;;;;;;;/m0111.0.1............/s1. The second kappa shape index (κ2) is 68.8. The van der Waals surface area contributed by atoms with E-state index >= 15 is 0 Å². The minimum atomic E-state index is -5.84. The van der Waals surface area contributed by atoms with Gasteiger partial charge in [-0.15, -0.1) is 0 Å². The fourth-order valence-electron chi connectivity index (χ4n) is 15.9. The first-order chi connectivity index (χ1) is 56.0. The molecule has 0 spiro atoms. The van der Waals surface area contributed by atoms with E-state index in [2.05, 4.69) is 49.1 Å². The van der Waals surface area contributed by atoms with E-state index in [-0.39, 0.29) is 247 Å². The summed E-state index contributed by atoms with van der Waals surface area (Å²) in [5.74, 6) is 1.56. The SMILES string of the molecule is C.C.C.CC(=O)C1CCCC1.CC(=O)[C@@H]1CCC[C@@H]1C.CC(C)C(=O)C1CCCCC1=O.CO.COC(=O)[C@H]1CCC[C@@H]1Nc1ccccc1.N[C@H]1CCC[C@H]1C(=O)O.O=C(O)[C@@H]1CCC[C@@H]1Nc1ccccc1.O=C1[C@@H]2CCC[C@@H]2N1c1ccccc1.O=C1c2ccccc2N[C@H]2CCC[C@@H]12.O=C=O.O=CO[O-].O=S(=O)(O)C(F)(F)F.O=S(Cl)Cl.[Cs+].[Cs+].[H-].[HH]. The number of carbonyl (C=O) groups excluding carboxylic acids is 10. The van der Waals surface area contributed by atoms with E-state index in [1.807, 2.05) is 134 Å². The summed E-state index contributed by atoms with van der Waals surface area (Å²) in [5, 5.41) is 43.1. The van der Waals surface area contributed by atoms with Crippen LogP contribution < -0.4 is 170 Å². The number of aliphatic carboxylic acids is 2. The minimum Gasteiger partial charge on any atom is -1.00 e. The van der Waals surface area contributed by atoms with Gasteiger partial charge in [-0.05, 0) is 171 Å². The van der Waals surface area contributed by atoms with Crippen LogP contribution in [0.2, 0.25) is 0 Å². The van der Waals surface area contributed by atoms with E-state index in [1.54, 1.807) is 13.8 Å². The Morgan fingerprint density at radius 1 is 0.642 bits per heavy atom. The number of nitrogens with two attached hydrogens (primary N) is 1. The van der Waals surface area contributed by atoms with Gasteiger partial charge in [0.05, 0.1) is 36.7 Å². The molecule has 1 amide bonds. The van der Waals surface area contributed by atoms with Crippen molar-refractivity contribution < 1.29 is 259 Å². The van der Waals surface area contributed by atoms with Crippen LogP contribution >= 0.6 is 21.4 Å². The Hall–Kier alpha value is -4.23. The number of β-lactam (4-membered cyclic amide) rings is 1. The number of benzene rings is 4. The molecule has 686 valence electrons. The molecule has 13 atom stereocenters. The van der Waals surface area contributed by atoms with Gasteiger partial charge in [0, 0.05) is 119 Å². The van der Waals surface area contributed by atoms with Gasteiger partial charge in [0.25, 0.3) is 6.47 Å². The number of aliphatic hydroxyl groups excluding tert-OH is 1. The zero-order valence-corrected chi connectivity index (χ0v) is 85.7. The number of fused-ring (bicyclic) bond motifs is 3. The maximum atomic E-state index is 12.1. The maximum absolute atomic E-state index is 12.1. The van der Waals surface area contributed by atoms with Crippen LogP contribution in [0.5, 0.6) is 0 Å². The van der Waals surface area contributed by atoms with Crippen molar-refractivity contribution in [3.8, 4) is 0 Å². The normalized spacial score (nSPS) is 23.3. The first-order valence-electron chi connectivity index (χ1n) is 39.7. The molecule has 0 bridgehead atoms. The topological polar surface area (TPSA) is 444 Å². The van der Waals surface area contributed by atoms with Crippen LogP contribution in [0.4, 0.5) is 35.9 Å². The van der Waals surface area contributed by atoms with Crippen LogP contribution in [0, 0.1) is 59.2 Å². The molecule has 1 unspecified atom stereocenters. The van der Waals surface area contributed by atoms with E-state index in [1.165, 1.54) is 52.1 Å². The smallest absolute Gasteiger partial charge is 1.00 e. The van der Waals surface area contributed by atoms with Crippen molar-refractivity contribution in [3.63, 3.8) is 0 Å². The summed E-state index contributed by atoms with van der Waals surface area (Å²) in [5.41, 5.74) is 5.03. The first-order valence-corrected chi connectivity index (χ1v) is 44.0. The van der Waals surface area contributed by atoms with Gasteiger partial charge in [-0.3, -0.25) is 52.5 Å². The molecular formula is C87H132Cl2Cs2F3N5O22S2. The number of ketones is 5. The molecule has 1 saturated heterocycles. The summed E-state index contributed by atoms with van der Waals surface area (Å²) in [4.78, 5) is 130. The average molecular weight is 2060 g/mol. The van der Waals surface area contributed by atoms with Crippen LogP contribution in [0.1, 0.15) is 237 Å². The summed E-state index contributed by atoms with van der Waals surface area (Å²) in [6.45, 7) is 9.15. The van der Waals surface area contributed by atoms with Crippen LogP contribution in [0.15, 0.2) is 115 Å². The summed E-state index contributed by atoms with van der Waals surface area (Å²) in [6.07, 6.45) is 27.4. The molecule has 14 rings (SSSR count). The monoisotopic (exact) mass is 2060 g/mol. The quantitative estimate of drug-likeness (QED) is 0.00709. The van der Waals surface area contributed by atoms with E-state index in [0.29, 0.717) is 65.4 Å². The molecule has 4 aromatic rings. The fraction of sp³-hybridized carbons (Fsp3) is 0.598. The third-order valence-corrected chi connectivity index (χ3v) is 22.5. The van der Waals surface area contributed by atoms with Gasteiger partial charge in [-0.1, -0.05) is 168 Å². The van der Waals surface area contributed by atoms with E-state index in [0.717, 1.165) is 151 Å². The Kier molecular flexibility index (Phi) is 70.0. The molecule has 27 nitrogen and oxygen atoms in total. The zero-order chi connectivity index (χ0) is 88.7. The second-order valence-corrected chi connectivity index (χ2v) is 33.9. The van der Waals surface area contributed by atoms with E-state index in [9.17, 15) is 56.3 Å². The summed E-state index contributed by atoms with van der Waals surface area (Å²) in [7, 11) is 3.98. The molecule has 2 heterocycles. The number of carboxylic acid groups (broad SMARTS) is 2.